The van der Waals surface area contributed by atoms with E-state index in [1.165, 1.54) is 0 Å². The Labute approximate surface area is 120 Å². The van der Waals surface area contributed by atoms with E-state index in [4.69, 9.17) is 0 Å². The maximum Gasteiger partial charge on any atom is 0.267 e. The summed E-state index contributed by atoms with van der Waals surface area (Å²) in [6.45, 7) is 0.314. The molecule has 0 saturated heterocycles. The van der Waals surface area contributed by atoms with Gasteiger partial charge in [0.25, 0.3) is 5.91 Å². The lowest BCUT2D eigenvalue weighted by atomic mass is 10.2. The lowest BCUT2D eigenvalue weighted by Crippen LogP contribution is -2.22. The van der Waals surface area contributed by atoms with E-state index in [1.54, 1.807) is 42.5 Å². The minimum Gasteiger partial charge on any atom is -0.508 e. The van der Waals surface area contributed by atoms with E-state index in [-0.39, 0.29) is 17.4 Å². The highest BCUT2D eigenvalue weighted by atomic mass is 16.3. The van der Waals surface area contributed by atoms with Crippen molar-refractivity contribution in [3.8, 4) is 11.5 Å². The van der Waals surface area contributed by atoms with E-state index >= 15 is 0 Å². The van der Waals surface area contributed by atoms with Crippen LogP contribution in [0.5, 0.6) is 11.5 Å². The van der Waals surface area contributed by atoms with Crippen LogP contribution in [0.15, 0.2) is 48.5 Å². The van der Waals surface area contributed by atoms with Crippen molar-refractivity contribution < 1.29 is 15.0 Å². The molecule has 0 saturated carbocycles. The largest absolute Gasteiger partial charge is 0.508 e. The van der Waals surface area contributed by atoms with E-state index in [0.717, 1.165) is 5.56 Å². The molecule has 0 atom stereocenters. The number of rotatable bonds is 3. The zero-order valence-corrected chi connectivity index (χ0v) is 11.1. The normalized spacial score (nSPS) is 10.7. The van der Waals surface area contributed by atoms with Crippen molar-refractivity contribution >= 4 is 16.8 Å². The van der Waals surface area contributed by atoms with Crippen molar-refractivity contribution in [1.82, 2.24) is 10.3 Å². The van der Waals surface area contributed by atoms with Gasteiger partial charge in [0.15, 0.2) is 0 Å². The molecule has 0 bridgehead atoms. The van der Waals surface area contributed by atoms with E-state index in [0.29, 0.717) is 23.1 Å². The monoisotopic (exact) mass is 282 g/mol. The molecule has 0 spiro atoms. The Hall–Kier alpha value is -2.95. The van der Waals surface area contributed by atoms with Gasteiger partial charge in [0.2, 0.25) is 0 Å². The van der Waals surface area contributed by atoms with Crippen molar-refractivity contribution in [3.63, 3.8) is 0 Å². The first-order valence-electron chi connectivity index (χ1n) is 6.50. The number of aromatic nitrogens is 1. The molecule has 1 heterocycles. The molecule has 0 aliphatic carbocycles. The number of phenolic OH excluding ortho intramolecular Hbond substituents is 2. The average molecular weight is 282 g/mol. The second kappa shape index (κ2) is 5.20. The number of aromatic hydroxyl groups is 2. The summed E-state index contributed by atoms with van der Waals surface area (Å²) in [7, 11) is 0. The van der Waals surface area contributed by atoms with Crippen LogP contribution in [0.25, 0.3) is 10.9 Å². The molecule has 3 rings (SSSR count). The molecule has 5 nitrogen and oxygen atoms in total. The van der Waals surface area contributed by atoms with Gasteiger partial charge < -0.3 is 20.5 Å². The fraction of sp³-hybridized carbons (Fsp3) is 0.0625. The van der Waals surface area contributed by atoms with Crippen molar-refractivity contribution in [2.45, 2.75) is 6.54 Å². The van der Waals surface area contributed by atoms with Crippen LogP contribution in [0.1, 0.15) is 16.1 Å². The Morgan fingerprint density at radius 2 is 1.90 bits per heavy atom. The molecule has 106 valence electrons. The fourth-order valence-corrected chi connectivity index (χ4v) is 2.21. The van der Waals surface area contributed by atoms with Crippen LogP contribution in [0.3, 0.4) is 0 Å². The number of aromatic amines is 1. The third-order valence-corrected chi connectivity index (χ3v) is 3.25. The molecular weight excluding hydrogens is 268 g/mol. The summed E-state index contributed by atoms with van der Waals surface area (Å²) < 4.78 is 0. The summed E-state index contributed by atoms with van der Waals surface area (Å²) in [6.07, 6.45) is 0. The molecular formula is C16H14N2O3. The summed E-state index contributed by atoms with van der Waals surface area (Å²) in [4.78, 5) is 15.1. The van der Waals surface area contributed by atoms with Crippen molar-refractivity contribution in [3.05, 3.63) is 59.8 Å². The zero-order valence-electron chi connectivity index (χ0n) is 11.1. The molecule has 21 heavy (non-hydrogen) atoms. The Balaban J connectivity index is 1.76. The van der Waals surface area contributed by atoms with Gasteiger partial charge in [-0.3, -0.25) is 4.79 Å². The van der Waals surface area contributed by atoms with Crippen molar-refractivity contribution in [1.29, 1.82) is 0 Å². The summed E-state index contributed by atoms with van der Waals surface area (Å²) in [5.74, 6) is 0.0296. The SMILES string of the molecule is O=C(NCc1cccc(O)c1)c1cc2c(O)cccc2[nH]1. The Morgan fingerprint density at radius 1 is 1.10 bits per heavy atom. The molecule has 1 aromatic heterocycles. The third kappa shape index (κ3) is 2.67. The van der Waals surface area contributed by atoms with Crippen molar-refractivity contribution in [2.75, 3.05) is 0 Å². The van der Waals surface area contributed by atoms with Gasteiger partial charge in [-0.1, -0.05) is 18.2 Å². The van der Waals surface area contributed by atoms with E-state index in [9.17, 15) is 15.0 Å². The first-order chi connectivity index (χ1) is 10.1. The number of H-pyrrole nitrogens is 1. The average Bonchev–Trinajstić information content (AvgIpc) is 2.90. The number of amides is 1. The van der Waals surface area contributed by atoms with Gasteiger partial charge in [0.1, 0.15) is 17.2 Å². The second-order valence-electron chi connectivity index (χ2n) is 4.77. The molecule has 0 unspecified atom stereocenters. The van der Waals surface area contributed by atoms with Crippen LogP contribution in [-0.4, -0.2) is 21.1 Å². The molecule has 3 aromatic rings. The summed E-state index contributed by atoms with van der Waals surface area (Å²) in [5, 5.41) is 22.5. The standard InChI is InChI=1S/C16H14N2O3/c19-11-4-1-3-10(7-11)9-17-16(21)14-8-12-13(18-14)5-2-6-15(12)20/h1-8,18-20H,9H2,(H,17,21). The zero-order chi connectivity index (χ0) is 14.8. The summed E-state index contributed by atoms with van der Waals surface area (Å²) >= 11 is 0. The minimum absolute atomic E-state index is 0.135. The van der Waals surface area contributed by atoms with Crippen molar-refractivity contribution in [2.24, 2.45) is 0 Å². The van der Waals surface area contributed by atoms with Gasteiger partial charge in [-0.15, -0.1) is 0 Å². The maximum atomic E-state index is 12.1. The molecule has 0 aliphatic rings. The number of carbonyl (C=O) groups excluding carboxylic acids is 1. The van der Waals surface area contributed by atoms with Gasteiger partial charge in [-0.05, 0) is 35.9 Å². The second-order valence-corrected chi connectivity index (χ2v) is 4.77. The molecule has 0 radical (unpaired) electrons. The predicted octanol–water partition coefficient (Wildman–Crippen LogP) is 2.51. The summed E-state index contributed by atoms with van der Waals surface area (Å²) in [5.41, 5.74) is 1.89. The minimum atomic E-state index is -0.269. The highest BCUT2D eigenvalue weighted by Crippen LogP contribution is 2.24. The molecule has 1 amide bonds. The molecule has 4 N–H and O–H groups in total. The number of carbonyl (C=O) groups is 1. The molecule has 0 aliphatic heterocycles. The number of benzene rings is 2. The smallest absolute Gasteiger partial charge is 0.267 e. The molecule has 2 aromatic carbocycles. The lowest BCUT2D eigenvalue weighted by Gasteiger charge is -2.04. The lowest BCUT2D eigenvalue weighted by molar-refractivity contribution is 0.0946. The number of fused-ring (bicyclic) bond motifs is 1. The van der Waals surface area contributed by atoms with Crippen LogP contribution in [-0.2, 0) is 6.54 Å². The highest BCUT2D eigenvalue weighted by Gasteiger charge is 2.11. The van der Waals surface area contributed by atoms with Gasteiger partial charge in [0.05, 0.1) is 0 Å². The quantitative estimate of drug-likeness (QED) is 0.595. The van der Waals surface area contributed by atoms with Gasteiger partial charge >= 0.3 is 0 Å². The Kier molecular flexibility index (Phi) is 3.23. The number of phenols is 2. The Morgan fingerprint density at radius 3 is 2.67 bits per heavy atom. The number of nitrogens with one attached hydrogen (secondary N) is 2. The van der Waals surface area contributed by atoms with Crippen LogP contribution in [0, 0.1) is 0 Å². The Bertz CT molecular complexity index is 808. The van der Waals surface area contributed by atoms with Crippen LogP contribution < -0.4 is 5.32 Å². The van der Waals surface area contributed by atoms with Gasteiger partial charge in [-0.2, -0.15) is 0 Å². The van der Waals surface area contributed by atoms with Gasteiger partial charge in [-0.25, -0.2) is 0 Å². The van der Waals surface area contributed by atoms with E-state index in [1.807, 2.05) is 6.07 Å². The predicted molar refractivity (Wildman–Crippen MR) is 79.2 cm³/mol. The van der Waals surface area contributed by atoms with Crippen LogP contribution >= 0.6 is 0 Å². The summed E-state index contributed by atoms with van der Waals surface area (Å²) in [6, 6.07) is 13.4. The van der Waals surface area contributed by atoms with Crippen LogP contribution in [0.2, 0.25) is 0 Å². The highest BCUT2D eigenvalue weighted by molar-refractivity contribution is 5.99. The molecule has 5 heteroatoms. The van der Waals surface area contributed by atoms with E-state index < -0.39 is 0 Å². The van der Waals surface area contributed by atoms with Gasteiger partial charge in [0, 0.05) is 17.4 Å². The topological polar surface area (TPSA) is 85.3 Å². The maximum absolute atomic E-state index is 12.1. The third-order valence-electron chi connectivity index (χ3n) is 3.25. The number of hydrogen-bond donors (Lipinski definition) is 4. The molecule has 0 fully saturated rings. The van der Waals surface area contributed by atoms with Crippen LogP contribution in [0.4, 0.5) is 0 Å². The fourth-order valence-electron chi connectivity index (χ4n) is 2.21. The number of hydrogen-bond acceptors (Lipinski definition) is 3. The first-order valence-corrected chi connectivity index (χ1v) is 6.50. The van der Waals surface area contributed by atoms with E-state index in [2.05, 4.69) is 10.3 Å². The first kappa shape index (κ1) is 13.1.